The minimum atomic E-state index is -4.59. The fourth-order valence-electron chi connectivity index (χ4n) is 3.38. The van der Waals surface area contributed by atoms with Crippen LogP contribution in [0.2, 0.25) is 0 Å². The second-order valence-electron chi connectivity index (χ2n) is 6.95. The van der Waals surface area contributed by atoms with Gasteiger partial charge in [0.2, 0.25) is 0 Å². The van der Waals surface area contributed by atoms with E-state index in [1.54, 1.807) is 36.4 Å². The van der Waals surface area contributed by atoms with E-state index < -0.39 is 23.5 Å². The fraction of sp³-hybridized carbons (Fsp3) is 0.0833. The molecule has 0 atom stereocenters. The lowest BCUT2D eigenvalue weighted by molar-refractivity contribution is -0.138. The molecular weight excluding hydrogens is 430 g/mol. The number of pyridine rings is 2. The lowest BCUT2D eigenvalue weighted by Crippen LogP contribution is -2.07. The molecule has 2 heterocycles. The van der Waals surface area contributed by atoms with Crippen LogP contribution in [0.1, 0.15) is 11.1 Å². The van der Waals surface area contributed by atoms with Crippen LogP contribution in [0.4, 0.5) is 26.3 Å². The number of rotatable bonds is 3. The summed E-state index contributed by atoms with van der Waals surface area (Å²) in [5.41, 5.74) is -0.311. The Morgan fingerprint density at radius 1 is 0.469 bits per heavy atom. The van der Waals surface area contributed by atoms with Crippen LogP contribution in [0.25, 0.3) is 33.6 Å². The van der Waals surface area contributed by atoms with Gasteiger partial charge in [-0.25, -0.2) is 0 Å². The van der Waals surface area contributed by atoms with Crippen LogP contribution in [-0.2, 0) is 12.4 Å². The van der Waals surface area contributed by atoms with Crippen molar-refractivity contribution in [1.29, 1.82) is 0 Å². The summed E-state index contributed by atoms with van der Waals surface area (Å²) in [7, 11) is 0. The molecule has 8 heteroatoms. The monoisotopic (exact) mass is 444 g/mol. The van der Waals surface area contributed by atoms with Crippen LogP contribution in [0, 0.1) is 0 Å². The maximum atomic E-state index is 13.4. The van der Waals surface area contributed by atoms with Gasteiger partial charge in [-0.1, -0.05) is 24.3 Å². The van der Waals surface area contributed by atoms with Crippen LogP contribution >= 0.6 is 0 Å². The van der Waals surface area contributed by atoms with E-state index in [2.05, 4.69) is 9.97 Å². The van der Waals surface area contributed by atoms with Gasteiger partial charge in [-0.3, -0.25) is 9.97 Å². The predicted molar refractivity (Wildman–Crippen MR) is 108 cm³/mol. The molecule has 0 aliphatic carbocycles. The number of alkyl halides is 6. The highest BCUT2D eigenvalue weighted by Crippen LogP contribution is 2.42. The number of halogens is 6. The molecule has 0 N–H and O–H groups in total. The Kier molecular flexibility index (Phi) is 5.46. The van der Waals surface area contributed by atoms with Gasteiger partial charge in [0.25, 0.3) is 0 Å². The molecule has 0 saturated carbocycles. The Hall–Kier alpha value is -3.68. The number of benzene rings is 2. The summed E-state index contributed by atoms with van der Waals surface area (Å²) >= 11 is 0. The first kappa shape index (κ1) is 21.5. The van der Waals surface area contributed by atoms with E-state index >= 15 is 0 Å². The van der Waals surface area contributed by atoms with E-state index in [9.17, 15) is 26.3 Å². The summed E-state index contributed by atoms with van der Waals surface area (Å²) in [6.45, 7) is 0. The average molecular weight is 444 g/mol. The molecule has 4 aromatic rings. The van der Waals surface area contributed by atoms with Crippen molar-refractivity contribution in [2.45, 2.75) is 12.4 Å². The molecular formula is C24H14F6N2. The number of hydrogen-bond acceptors (Lipinski definition) is 2. The van der Waals surface area contributed by atoms with Gasteiger partial charge in [-0.2, -0.15) is 26.3 Å². The SMILES string of the molecule is FC(F)(F)c1ccc(-c2ccc(C(F)(F)F)cc2-c2ccccn2)c(-c2ccccn2)c1. The zero-order valence-corrected chi connectivity index (χ0v) is 16.2. The first-order valence-corrected chi connectivity index (χ1v) is 9.40. The van der Waals surface area contributed by atoms with Crippen LogP contribution in [0.3, 0.4) is 0 Å². The first-order chi connectivity index (χ1) is 15.1. The van der Waals surface area contributed by atoms with Gasteiger partial charge >= 0.3 is 12.4 Å². The zero-order valence-electron chi connectivity index (χ0n) is 16.2. The molecule has 2 aromatic carbocycles. The van der Waals surface area contributed by atoms with Gasteiger partial charge in [-0.05, 0) is 59.7 Å². The fourth-order valence-corrected chi connectivity index (χ4v) is 3.38. The molecule has 0 spiro atoms. The second-order valence-corrected chi connectivity index (χ2v) is 6.95. The summed E-state index contributed by atoms with van der Waals surface area (Å²) in [6, 6.07) is 15.8. The van der Waals surface area contributed by atoms with E-state index in [1.165, 1.54) is 24.5 Å². The zero-order chi connectivity index (χ0) is 22.9. The molecule has 0 aliphatic rings. The van der Waals surface area contributed by atoms with Crippen LogP contribution < -0.4 is 0 Å². The predicted octanol–water partition coefficient (Wildman–Crippen LogP) is 7.52. The Balaban J connectivity index is 2.01. The van der Waals surface area contributed by atoms with Crippen molar-refractivity contribution in [2.75, 3.05) is 0 Å². The maximum absolute atomic E-state index is 13.4. The third-order valence-corrected chi connectivity index (χ3v) is 4.87. The standard InChI is InChI=1S/C24H14F6N2/c25-23(26,27)15-7-9-17(19(13-15)21-5-1-3-11-31-21)18-10-8-16(24(28,29)30)14-20(18)22-6-2-4-12-32-22/h1-14H. The lowest BCUT2D eigenvalue weighted by atomic mass is 9.90. The number of hydrogen-bond donors (Lipinski definition) is 0. The highest BCUT2D eigenvalue weighted by molar-refractivity contribution is 5.90. The van der Waals surface area contributed by atoms with E-state index in [-0.39, 0.29) is 22.5 Å². The van der Waals surface area contributed by atoms with Crippen molar-refractivity contribution in [3.05, 3.63) is 96.3 Å². The van der Waals surface area contributed by atoms with E-state index in [0.29, 0.717) is 11.1 Å². The molecule has 0 amide bonds. The minimum Gasteiger partial charge on any atom is -0.256 e. The molecule has 4 rings (SSSR count). The van der Waals surface area contributed by atoms with Gasteiger partial charge in [-0.15, -0.1) is 0 Å². The summed E-state index contributed by atoms with van der Waals surface area (Å²) in [6.07, 6.45) is -6.31. The van der Waals surface area contributed by atoms with Gasteiger partial charge in [0, 0.05) is 23.5 Å². The van der Waals surface area contributed by atoms with Gasteiger partial charge < -0.3 is 0 Å². The molecule has 0 fully saturated rings. The minimum absolute atomic E-state index is 0.150. The molecule has 32 heavy (non-hydrogen) atoms. The average Bonchev–Trinajstić information content (AvgIpc) is 2.78. The van der Waals surface area contributed by atoms with Crippen molar-refractivity contribution < 1.29 is 26.3 Å². The Bertz CT molecular complexity index is 1130. The van der Waals surface area contributed by atoms with Crippen molar-refractivity contribution in [1.82, 2.24) is 9.97 Å². The Morgan fingerprint density at radius 2 is 0.875 bits per heavy atom. The van der Waals surface area contributed by atoms with Gasteiger partial charge in [0.1, 0.15) is 0 Å². The molecule has 0 aliphatic heterocycles. The van der Waals surface area contributed by atoms with Crippen LogP contribution in [0.5, 0.6) is 0 Å². The quantitative estimate of drug-likeness (QED) is 0.306. The van der Waals surface area contributed by atoms with Crippen LogP contribution in [0.15, 0.2) is 85.2 Å². The summed E-state index contributed by atoms with van der Waals surface area (Å²) in [4.78, 5) is 8.31. The normalized spacial score (nSPS) is 12.1. The highest BCUT2D eigenvalue weighted by Gasteiger charge is 2.33. The van der Waals surface area contributed by atoms with E-state index in [1.807, 2.05) is 0 Å². The summed E-state index contributed by atoms with van der Waals surface area (Å²) < 4.78 is 80.3. The third kappa shape index (κ3) is 4.34. The highest BCUT2D eigenvalue weighted by atomic mass is 19.4. The first-order valence-electron chi connectivity index (χ1n) is 9.40. The Labute approximate surface area is 179 Å². The number of nitrogens with zero attached hydrogens (tertiary/aromatic N) is 2. The van der Waals surface area contributed by atoms with Crippen molar-refractivity contribution in [3.8, 4) is 33.6 Å². The number of aromatic nitrogens is 2. The molecule has 2 aromatic heterocycles. The van der Waals surface area contributed by atoms with Crippen molar-refractivity contribution in [2.24, 2.45) is 0 Å². The smallest absolute Gasteiger partial charge is 0.256 e. The molecule has 0 unspecified atom stereocenters. The second kappa shape index (κ2) is 8.11. The van der Waals surface area contributed by atoms with Gasteiger partial charge in [0.15, 0.2) is 0 Å². The maximum Gasteiger partial charge on any atom is 0.416 e. The van der Waals surface area contributed by atoms with E-state index in [4.69, 9.17) is 0 Å². The summed E-state index contributed by atoms with van der Waals surface area (Å²) in [5.74, 6) is 0. The van der Waals surface area contributed by atoms with E-state index in [0.717, 1.165) is 24.3 Å². The topological polar surface area (TPSA) is 25.8 Å². The van der Waals surface area contributed by atoms with Gasteiger partial charge in [0.05, 0.1) is 22.5 Å². The lowest BCUT2D eigenvalue weighted by Gasteiger charge is -2.18. The van der Waals surface area contributed by atoms with Crippen molar-refractivity contribution in [3.63, 3.8) is 0 Å². The Morgan fingerprint density at radius 3 is 1.19 bits per heavy atom. The molecule has 162 valence electrons. The largest absolute Gasteiger partial charge is 0.416 e. The molecule has 0 saturated heterocycles. The molecule has 0 radical (unpaired) electrons. The third-order valence-electron chi connectivity index (χ3n) is 4.87. The summed E-state index contributed by atoms with van der Waals surface area (Å²) in [5, 5.41) is 0. The molecule has 0 bridgehead atoms. The molecule has 2 nitrogen and oxygen atoms in total. The van der Waals surface area contributed by atoms with Crippen molar-refractivity contribution >= 4 is 0 Å². The van der Waals surface area contributed by atoms with Crippen LogP contribution in [-0.4, -0.2) is 9.97 Å².